The first kappa shape index (κ1) is 48.3. The molecule has 4 aliphatic rings. The molecule has 0 spiro atoms. The summed E-state index contributed by atoms with van der Waals surface area (Å²) in [7, 11) is 7.74. The van der Waals surface area contributed by atoms with Crippen molar-refractivity contribution in [2.45, 2.75) is 59.1 Å². The van der Waals surface area contributed by atoms with Crippen LogP contribution in [0.5, 0.6) is 0 Å². The second-order valence-electron chi connectivity index (χ2n) is 15.8. The van der Waals surface area contributed by atoms with Gasteiger partial charge in [-0.05, 0) is 60.2 Å². The van der Waals surface area contributed by atoms with Crippen molar-refractivity contribution in [2.24, 2.45) is 0 Å². The number of thiazole rings is 2. The topological polar surface area (TPSA) is 311 Å². The van der Waals surface area contributed by atoms with Crippen molar-refractivity contribution >= 4 is 115 Å². The molecule has 31 heteroatoms. The normalized spacial score (nSPS) is 20.2. The number of carboxylic acid groups (broad SMARTS) is 1. The van der Waals surface area contributed by atoms with Gasteiger partial charge in [0.2, 0.25) is 22.1 Å². The molecule has 67 heavy (non-hydrogen) atoms. The summed E-state index contributed by atoms with van der Waals surface area (Å²) in [4.78, 5) is 95.3. The molecule has 356 valence electrons. The van der Waals surface area contributed by atoms with Crippen LogP contribution >= 0.6 is 69.7 Å². The van der Waals surface area contributed by atoms with Gasteiger partial charge in [-0.2, -0.15) is 0 Å². The first-order valence-corrected chi connectivity index (χ1v) is 26.2. The minimum absolute atomic E-state index is 0.0612. The summed E-state index contributed by atoms with van der Waals surface area (Å²) in [5.41, 5.74) is 7.70. The number of nitrogens with two attached hydrogens (primary N) is 1. The molecule has 0 aliphatic carbocycles. The fraction of sp³-hybridized carbons (Fsp3) is 0.500. The van der Waals surface area contributed by atoms with E-state index >= 15 is 0 Å². The Morgan fingerprint density at radius 1 is 0.761 bits per heavy atom. The molecule has 2 fully saturated rings. The molecule has 4 atom stereocenters. The standard InChI is InChI=1S/C36H44N18O7S6/c1-49(2)5-7-51-35(43-45-47-51)66-13-17-11-62-30-23(40-21(55)9-19-15-64-33(37)38-19)28(58)53(30)25(17)27(57)42-34-39-20(16-65-34)10-22(56)41-24-29(59)54-26(32(60)61)18(12-63-31(24)54)14-67-36-44-46-48-52(36)8-6-50(3)4/h15-16,23-24,30-31H,5-14H2,1-4H3,(H2,37,38)(H,40,55)(H,41,56)(H,60,61)(H,39,42,57)/t23-,24-,30-,31-/m1/s1. The summed E-state index contributed by atoms with van der Waals surface area (Å²) >= 11 is 7.66. The van der Waals surface area contributed by atoms with Crippen LogP contribution in [0, 0.1) is 0 Å². The zero-order valence-corrected chi connectivity index (χ0v) is 41.1. The predicted molar refractivity (Wildman–Crippen MR) is 251 cm³/mol. The highest BCUT2D eigenvalue weighted by molar-refractivity contribution is 8.01. The third kappa shape index (κ3) is 10.9. The van der Waals surface area contributed by atoms with E-state index in [0.29, 0.717) is 75.7 Å². The number of anilines is 2. The number of tetrazole rings is 2. The lowest BCUT2D eigenvalue weighted by atomic mass is 10.0. The smallest absolute Gasteiger partial charge is 0.352 e. The van der Waals surface area contributed by atoms with Crippen molar-refractivity contribution in [3.05, 3.63) is 44.7 Å². The molecule has 6 N–H and O–H groups in total. The third-order valence-corrected chi connectivity index (χ3v) is 16.7. The summed E-state index contributed by atoms with van der Waals surface area (Å²) in [6.07, 6.45) is -0.292. The van der Waals surface area contributed by atoms with Crippen molar-refractivity contribution in [3.63, 3.8) is 0 Å². The van der Waals surface area contributed by atoms with Gasteiger partial charge in [0.25, 0.3) is 17.7 Å². The van der Waals surface area contributed by atoms with Gasteiger partial charge < -0.3 is 31.3 Å². The predicted octanol–water partition coefficient (Wildman–Crippen LogP) is -1.02. The summed E-state index contributed by atoms with van der Waals surface area (Å²) in [5.74, 6) is -2.58. The zero-order valence-electron chi connectivity index (χ0n) is 36.2. The maximum absolute atomic E-state index is 14.2. The molecule has 0 radical (unpaired) electrons. The molecule has 25 nitrogen and oxygen atoms in total. The highest BCUT2D eigenvalue weighted by atomic mass is 32.2. The van der Waals surface area contributed by atoms with Crippen LogP contribution in [0.2, 0.25) is 0 Å². The number of likely N-dealkylation sites (N-methyl/N-ethyl adjacent to an activating group) is 2. The number of thioether (sulfide) groups is 4. The van der Waals surface area contributed by atoms with E-state index in [1.54, 1.807) is 20.1 Å². The Balaban J connectivity index is 0.901. The van der Waals surface area contributed by atoms with E-state index in [-0.39, 0.29) is 40.9 Å². The molecule has 4 aliphatic heterocycles. The van der Waals surface area contributed by atoms with Gasteiger partial charge in [-0.25, -0.2) is 24.1 Å². The fourth-order valence-electron chi connectivity index (χ4n) is 7.16. The molecule has 4 aromatic heterocycles. The number of carbonyl (C=O) groups is 6. The summed E-state index contributed by atoms with van der Waals surface area (Å²) in [6.45, 7) is 2.49. The second-order valence-corrected chi connectivity index (χ2v) is 21.6. The first-order chi connectivity index (χ1) is 32.1. The van der Waals surface area contributed by atoms with E-state index in [2.05, 4.69) is 57.0 Å². The number of nitrogens with zero attached hydrogens (tertiary/aromatic N) is 14. The molecule has 0 bridgehead atoms. The minimum Gasteiger partial charge on any atom is -0.477 e. The largest absolute Gasteiger partial charge is 0.477 e. The Kier molecular flexibility index (Phi) is 15.1. The Morgan fingerprint density at radius 3 is 1.75 bits per heavy atom. The number of rotatable bonds is 21. The molecular weight excluding hydrogens is 989 g/mol. The number of hydrogen-bond acceptors (Lipinski definition) is 23. The monoisotopic (exact) mass is 1030 g/mol. The molecular formula is C36H44N18O7S6. The van der Waals surface area contributed by atoms with Gasteiger partial charge in [-0.15, -0.1) is 56.4 Å². The quantitative estimate of drug-likeness (QED) is 0.0493. The molecule has 5 amide bonds. The Morgan fingerprint density at radius 2 is 1.25 bits per heavy atom. The SMILES string of the molecule is CN(C)CCn1nnnc1SCC1=C(C(=O)O)N2C(=O)[C@@H](NC(=O)Cc3csc(NC(=O)C4=C(CSc5nnnn5CCN(C)C)CS[C@@H]5[C@H](NC(=O)Cc6csc(N)n6)C(=O)N45)n3)[C@H]2SC1. The number of fused-ring (bicyclic) bond motifs is 2. The minimum atomic E-state index is -1.25. The van der Waals surface area contributed by atoms with Crippen molar-refractivity contribution in [1.82, 2.24) is 80.6 Å². The van der Waals surface area contributed by atoms with E-state index in [1.165, 1.54) is 68.2 Å². The number of carboxylic acids is 1. The van der Waals surface area contributed by atoms with Crippen LogP contribution in [0.1, 0.15) is 11.4 Å². The van der Waals surface area contributed by atoms with Gasteiger partial charge in [0.15, 0.2) is 10.3 Å². The Hall–Kier alpha value is -5.18. The van der Waals surface area contributed by atoms with E-state index in [9.17, 15) is 33.9 Å². The Bertz CT molecular complexity index is 2630. The van der Waals surface area contributed by atoms with Crippen LogP contribution in [0.3, 0.4) is 0 Å². The van der Waals surface area contributed by atoms with Crippen molar-refractivity contribution < 1.29 is 33.9 Å². The van der Waals surface area contributed by atoms with Gasteiger partial charge in [0.1, 0.15) is 34.2 Å². The number of aliphatic carboxylic acids is 1. The maximum atomic E-state index is 14.2. The molecule has 4 aromatic rings. The number of hydrogen-bond donors (Lipinski definition) is 5. The van der Waals surface area contributed by atoms with E-state index in [1.807, 2.05) is 38.0 Å². The lowest BCUT2D eigenvalue weighted by Gasteiger charge is -2.50. The van der Waals surface area contributed by atoms with Gasteiger partial charge >= 0.3 is 5.97 Å². The highest BCUT2D eigenvalue weighted by Gasteiger charge is 2.55. The summed E-state index contributed by atoms with van der Waals surface area (Å²) in [6, 6.07) is -1.83. The van der Waals surface area contributed by atoms with Gasteiger partial charge in [0, 0.05) is 46.9 Å². The van der Waals surface area contributed by atoms with Crippen LogP contribution in [-0.2, 0) is 54.7 Å². The van der Waals surface area contributed by atoms with Crippen LogP contribution in [0.15, 0.2) is 43.6 Å². The number of amides is 5. The maximum Gasteiger partial charge on any atom is 0.352 e. The van der Waals surface area contributed by atoms with Gasteiger partial charge in [-0.3, -0.25) is 39.1 Å². The number of β-lactam (4-membered cyclic amide) rings is 2. The van der Waals surface area contributed by atoms with E-state index in [4.69, 9.17) is 5.73 Å². The average Bonchev–Trinajstić information content (AvgIpc) is 4.13. The molecule has 0 aromatic carbocycles. The van der Waals surface area contributed by atoms with Crippen LogP contribution in [0.25, 0.3) is 0 Å². The summed E-state index contributed by atoms with van der Waals surface area (Å²) < 4.78 is 3.31. The average molecular weight is 1030 g/mol. The van der Waals surface area contributed by atoms with Crippen LogP contribution < -0.4 is 21.7 Å². The lowest BCUT2D eigenvalue weighted by molar-refractivity contribution is -0.150. The summed E-state index contributed by atoms with van der Waals surface area (Å²) in [5, 5.41) is 46.0. The molecule has 8 rings (SSSR count). The van der Waals surface area contributed by atoms with E-state index < -0.39 is 58.3 Å². The lowest BCUT2D eigenvalue weighted by Crippen LogP contribution is -2.71. The fourth-order valence-corrected chi connectivity index (χ4v) is 13.2. The first-order valence-electron chi connectivity index (χ1n) is 20.3. The third-order valence-electron chi connectivity index (χ3n) is 10.4. The van der Waals surface area contributed by atoms with Crippen molar-refractivity contribution in [2.75, 3.05) is 75.3 Å². The van der Waals surface area contributed by atoms with Gasteiger partial charge in [0.05, 0.1) is 37.3 Å². The van der Waals surface area contributed by atoms with E-state index in [0.717, 1.165) is 11.3 Å². The van der Waals surface area contributed by atoms with Gasteiger partial charge in [-0.1, -0.05) is 23.5 Å². The number of aromatic nitrogens is 10. The molecule has 0 saturated carbocycles. The van der Waals surface area contributed by atoms with Crippen molar-refractivity contribution in [3.8, 4) is 0 Å². The van der Waals surface area contributed by atoms with Crippen LogP contribution in [-0.4, -0.2) is 198 Å². The highest BCUT2D eigenvalue weighted by Crippen LogP contribution is 2.43. The Labute approximate surface area is 406 Å². The molecule has 8 heterocycles. The number of nitrogen functional groups attached to an aromatic ring is 1. The number of carbonyl (C=O) groups excluding carboxylic acids is 5. The molecule has 2 saturated heterocycles. The number of nitrogens with one attached hydrogen (secondary N) is 3. The van der Waals surface area contributed by atoms with Crippen molar-refractivity contribution in [1.29, 1.82) is 0 Å². The second kappa shape index (κ2) is 21.0. The molecule has 0 unspecified atom stereocenters. The zero-order chi connectivity index (χ0) is 47.5. The van der Waals surface area contributed by atoms with Crippen LogP contribution in [0.4, 0.5) is 10.3 Å².